The fourth-order valence-electron chi connectivity index (χ4n) is 2.76. The third kappa shape index (κ3) is 4.64. The van der Waals surface area contributed by atoms with Crippen LogP contribution in [0.4, 0.5) is 5.82 Å². The van der Waals surface area contributed by atoms with Gasteiger partial charge in [0.25, 0.3) is 0 Å². The van der Waals surface area contributed by atoms with Gasteiger partial charge in [-0.15, -0.1) is 0 Å². The van der Waals surface area contributed by atoms with Gasteiger partial charge in [-0.25, -0.2) is 4.68 Å². The van der Waals surface area contributed by atoms with E-state index in [1.807, 2.05) is 30.3 Å². The Balaban J connectivity index is 1.69. The summed E-state index contributed by atoms with van der Waals surface area (Å²) in [5.74, 6) is 1.95. The first-order valence-corrected chi connectivity index (χ1v) is 9.58. The van der Waals surface area contributed by atoms with Gasteiger partial charge in [-0.1, -0.05) is 30.3 Å². The number of aromatic nitrogens is 2. The fourth-order valence-corrected chi connectivity index (χ4v) is 3.80. The number of hydrogen-bond acceptors (Lipinski definition) is 5. The second-order valence-electron chi connectivity index (χ2n) is 5.98. The highest BCUT2D eigenvalue weighted by Crippen LogP contribution is 2.34. The van der Waals surface area contributed by atoms with Crippen molar-refractivity contribution in [1.82, 2.24) is 15.1 Å². The molecule has 0 atom stereocenters. The third-order valence-corrected chi connectivity index (χ3v) is 4.98. The van der Waals surface area contributed by atoms with Gasteiger partial charge in [0.15, 0.2) is 0 Å². The van der Waals surface area contributed by atoms with Crippen LogP contribution in [0.5, 0.6) is 0 Å². The lowest BCUT2D eigenvalue weighted by molar-refractivity contribution is -0.122. The Morgan fingerprint density at radius 3 is 2.81 bits per heavy atom. The molecule has 1 aliphatic rings. The predicted molar refractivity (Wildman–Crippen MR) is 101 cm³/mol. The molecule has 1 aromatic heterocycles. The van der Waals surface area contributed by atoms with Crippen molar-refractivity contribution in [2.24, 2.45) is 0 Å². The number of thioether (sulfide) groups is 1. The number of anilines is 1. The summed E-state index contributed by atoms with van der Waals surface area (Å²) in [6, 6.07) is 9.57. The number of amides is 2. The molecule has 8 heteroatoms. The Hall–Kier alpha value is -2.32. The Bertz CT molecular complexity index is 776. The second kappa shape index (κ2) is 8.86. The molecule has 0 unspecified atom stereocenters. The van der Waals surface area contributed by atoms with Crippen LogP contribution in [0.25, 0.3) is 0 Å². The molecular formula is C18H22N4O3S. The first kappa shape index (κ1) is 18.5. The van der Waals surface area contributed by atoms with Crippen molar-refractivity contribution in [1.29, 1.82) is 0 Å². The smallest absolute Gasteiger partial charge is 0.241 e. The van der Waals surface area contributed by atoms with Gasteiger partial charge in [0.2, 0.25) is 11.8 Å². The van der Waals surface area contributed by atoms with Crippen molar-refractivity contribution < 1.29 is 14.3 Å². The van der Waals surface area contributed by atoms with Crippen LogP contribution in [0.2, 0.25) is 0 Å². The van der Waals surface area contributed by atoms with E-state index >= 15 is 0 Å². The molecular weight excluding hydrogens is 352 g/mol. The number of carbonyl (C=O) groups is 2. The van der Waals surface area contributed by atoms with Crippen LogP contribution in [0.3, 0.4) is 0 Å². The standard InChI is InChI=1S/C18H22N4O3S/c1-25-8-7-19-17(24)10-22-18(14-11-26-12-15(14)21-22)20-16(23)9-13-5-3-2-4-6-13/h2-6H,7-12H2,1H3,(H,19,24)(H,20,23). The van der Waals surface area contributed by atoms with Gasteiger partial charge < -0.3 is 15.4 Å². The van der Waals surface area contributed by atoms with Gasteiger partial charge in [0.1, 0.15) is 12.4 Å². The highest BCUT2D eigenvalue weighted by Gasteiger charge is 2.24. The number of hydrogen-bond donors (Lipinski definition) is 2. The lowest BCUT2D eigenvalue weighted by atomic mass is 10.1. The molecule has 0 fully saturated rings. The van der Waals surface area contributed by atoms with Gasteiger partial charge in [-0.3, -0.25) is 9.59 Å². The molecule has 2 N–H and O–H groups in total. The molecule has 0 aliphatic carbocycles. The van der Waals surface area contributed by atoms with Crippen molar-refractivity contribution in [3.8, 4) is 0 Å². The number of nitrogens with one attached hydrogen (secondary N) is 2. The number of ether oxygens (including phenoxy) is 1. The molecule has 0 bridgehead atoms. The summed E-state index contributed by atoms with van der Waals surface area (Å²) >= 11 is 1.76. The highest BCUT2D eigenvalue weighted by molar-refractivity contribution is 7.98. The SMILES string of the molecule is COCCNC(=O)Cn1nc2c(c1NC(=O)Cc1ccccc1)CSC2. The van der Waals surface area contributed by atoms with Gasteiger partial charge in [-0.2, -0.15) is 16.9 Å². The van der Waals surface area contributed by atoms with E-state index in [2.05, 4.69) is 15.7 Å². The van der Waals surface area contributed by atoms with Crippen LogP contribution >= 0.6 is 11.8 Å². The molecule has 0 spiro atoms. The van der Waals surface area contributed by atoms with E-state index < -0.39 is 0 Å². The van der Waals surface area contributed by atoms with Crippen LogP contribution in [0, 0.1) is 0 Å². The molecule has 2 amide bonds. The summed E-state index contributed by atoms with van der Waals surface area (Å²) in [4.78, 5) is 24.6. The molecule has 26 heavy (non-hydrogen) atoms. The minimum atomic E-state index is -0.158. The number of nitrogens with zero attached hydrogens (tertiary/aromatic N) is 2. The molecule has 0 radical (unpaired) electrons. The summed E-state index contributed by atoms with van der Waals surface area (Å²) < 4.78 is 6.52. The molecule has 7 nitrogen and oxygen atoms in total. The summed E-state index contributed by atoms with van der Waals surface area (Å²) in [7, 11) is 1.59. The molecule has 2 aromatic rings. The first-order chi connectivity index (χ1) is 12.7. The Kier molecular flexibility index (Phi) is 6.30. The van der Waals surface area contributed by atoms with Crippen LogP contribution in [-0.4, -0.2) is 41.9 Å². The largest absolute Gasteiger partial charge is 0.383 e. The molecule has 2 heterocycles. The van der Waals surface area contributed by atoms with Gasteiger partial charge in [0.05, 0.1) is 18.7 Å². The lowest BCUT2D eigenvalue weighted by Gasteiger charge is -2.11. The van der Waals surface area contributed by atoms with Gasteiger partial charge in [0, 0.05) is 30.7 Å². The topological polar surface area (TPSA) is 85.2 Å². The monoisotopic (exact) mass is 374 g/mol. The number of fused-ring (bicyclic) bond motifs is 1. The van der Waals surface area contributed by atoms with Crippen LogP contribution in [-0.2, 0) is 38.8 Å². The van der Waals surface area contributed by atoms with E-state index in [1.54, 1.807) is 23.6 Å². The molecule has 3 rings (SSSR count). The molecule has 1 aliphatic heterocycles. The van der Waals surface area contributed by atoms with Crippen molar-refractivity contribution in [2.45, 2.75) is 24.5 Å². The zero-order valence-corrected chi connectivity index (χ0v) is 15.5. The zero-order chi connectivity index (χ0) is 18.4. The average Bonchev–Trinajstić information content (AvgIpc) is 3.19. The number of benzene rings is 1. The second-order valence-corrected chi connectivity index (χ2v) is 6.96. The maximum Gasteiger partial charge on any atom is 0.241 e. The minimum absolute atomic E-state index is 0.0718. The number of carbonyl (C=O) groups excluding carboxylic acids is 2. The Morgan fingerprint density at radius 1 is 1.23 bits per heavy atom. The van der Waals surface area contributed by atoms with Crippen LogP contribution in [0.15, 0.2) is 30.3 Å². The van der Waals surface area contributed by atoms with E-state index in [-0.39, 0.29) is 24.8 Å². The van der Waals surface area contributed by atoms with Crippen molar-refractivity contribution in [2.75, 3.05) is 25.6 Å². The Labute approximate surface area is 156 Å². The summed E-state index contributed by atoms with van der Waals surface area (Å²) in [5, 5.41) is 10.2. The zero-order valence-electron chi connectivity index (χ0n) is 14.7. The average molecular weight is 374 g/mol. The van der Waals surface area contributed by atoms with Gasteiger partial charge >= 0.3 is 0 Å². The maximum atomic E-state index is 12.5. The molecule has 1 aromatic carbocycles. The minimum Gasteiger partial charge on any atom is -0.383 e. The predicted octanol–water partition coefficient (Wildman–Crippen LogP) is 1.57. The van der Waals surface area contributed by atoms with Gasteiger partial charge in [-0.05, 0) is 5.56 Å². The summed E-state index contributed by atoms with van der Waals surface area (Å²) in [6.45, 7) is 0.975. The Morgan fingerprint density at radius 2 is 2.04 bits per heavy atom. The van der Waals surface area contributed by atoms with Crippen molar-refractivity contribution in [3.63, 3.8) is 0 Å². The van der Waals surface area contributed by atoms with Crippen LogP contribution in [0.1, 0.15) is 16.8 Å². The van der Waals surface area contributed by atoms with E-state index in [1.165, 1.54) is 0 Å². The summed E-state index contributed by atoms with van der Waals surface area (Å²) in [5.41, 5.74) is 2.90. The fraction of sp³-hybridized carbons (Fsp3) is 0.389. The number of rotatable bonds is 8. The highest BCUT2D eigenvalue weighted by atomic mass is 32.2. The summed E-state index contributed by atoms with van der Waals surface area (Å²) in [6.07, 6.45) is 0.286. The van der Waals surface area contributed by atoms with E-state index in [0.717, 1.165) is 28.3 Å². The van der Waals surface area contributed by atoms with E-state index in [0.29, 0.717) is 19.0 Å². The van der Waals surface area contributed by atoms with Crippen molar-refractivity contribution >= 4 is 29.4 Å². The van der Waals surface area contributed by atoms with E-state index in [9.17, 15) is 9.59 Å². The normalized spacial score (nSPS) is 12.7. The third-order valence-electron chi connectivity index (χ3n) is 4.01. The maximum absolute atomic E-state index is 12.5. The number of methoxy groups -OCH3 is 1. The lowest BCUT2D eigenvalue weighted by Crippen LogP contribution is -2.31. The molecule has 0 saturated carbocycles. The first-order valence-electron chi connectivity index (χ1n) is 8.43. The van der Waals surface area contributed by atoms with E-state index in [4.69, 9.17) is 4.74 Å². The molecule has 138 valence electrons. The van der Waals surface area contributed by atoms with Crippen molar-refractivity contribution in [3.05, 3.63) is 47.2 Å². The van der Waals surface area contributed by atoms with Crippen LogP contribution < -0.4 is 10.6 Å². The quantitative estimate of drug-likeness (QED) is 0.685. The molecule has 0 saturated heterocycles.